The van der Waals surface area contributed by atoms with Gasteiger partial charge in [-0.25, -0.2) is 0 Å². The van der Waals surface area contributed by atoms with Gasteiger partial charge in [-0.05, 0) is 48.7 Å². The topological polar surface area (TPSA) is 51.5 Å². The molecule has 4 heteroatoms. The van der Waals surface area contributed by atoms with Crippen LogP contribution >= 0.6 is 0 Å². The van der Waals surface area contributed by atoms with Gasteiger partial charge in [0.25, 0.3) is 5.91 Å². The third-order valence-corrected chi connectivity index (χ3v) is 4.44. The van der Waals surface area contributed by atoms with Crippen LogP contribution in [0.15, 0.2) is 52.9 Å². The van der Waals surface area contributed by atoms with E-state index in [1.165, 1.54) is 11.1 Å². The van der Waals surface area contributed by atoms with Gasteiger partial charge >= 0.3 is 0 Å². The lowest BCUT2D eigenvalue weighted by Gasteiger charge is -2.26. The maximum Gasteiger partial charge on any atom is 0.251 e. The van der Waals surface area contributed by atoms with E-state index in [0.717, 1.165) is 23.2 Å². The summed E-state index contributed by atoms with van der Waals surface area (Å²) in [7, 11) is 0. The van der Waals surface area contributed by atoms with Crippen molar-refractivity contribution >= 4 is 16.9 Å². The first-order valence-electron chi connectivity index (χ1n) is 8.18. The normalized spacial score (nSPS) is 16.8. The zero-order chi connectivity index (χ0) is 16.5. The second-order valence-electron chi connectivity index (χ2n) is 6.13. The fraction of sp³-hybridized carbons (Fsp3) is 0.250. The molecule has 0 saturated heterocycles. The first kappa shape index (κ1) is 15.0. The number of carbonyl (C=O) groups excluding carboxylic acids is 1. The predicted molar refractivity (Wildman–Crippen MR) is 92.1 cm³/mol. The average molecular weight is 321 g/mol. The van der Waals surface area contributed by atoms with Gasteiger partial charge in [-0.3, -0.25) is 4.79 Å². The van der Waals surface area contributed by atoms with Crippen LogP contribution < -0.4 is 5.32 Å². The Morgan fingerprint density at radius 3 is 3.00 bits per heavy atom. The molecule has 0 fully saturated rings. The summed E-state index contributed by atoms with van der Waals surface area (Å²) in [5.41, 5.74) is 3.91. The third kappa shape index (κ3) is 2.81. The van der Waals surface area contributed by atoms with Crippen LogP contribution in [0.2, 0.25) is 0 Å². The fourth-order valence-electron chi connectivity index (χ4n) is 3.25. The van der Waals surface area contributed by atoms with E-state index in [9.17, 15) is 4.79 Å². The van der Waals surface area contributed by atoms with Crippen molar-refractivity contribution < 1.29 is 13.9 Å². The minimum absolute atomic E-state index is 0.0844. The molecule has 1 atom stereocenters. The highest BCUT2D eigenvalue weighted by Crippen LogP contribution is 2.26. The quantitative estimate of drug-likeness (QED) is 0.798. The summed E-state index contributed by atoms with van der Waals surface area (Å²) in [6.07, 6.45) is 0.843. The van der Waals surface area contributed by atoms with E-state index in [-0.39, 0.29) is 12.0 Å². The smallest absolute Gasteiger partial charge is 0.251 e. The number of ether oxygens (including phenoxy) is 1. The fourth-order valence-corrected chi connectivity index (χ4v) is 3.25. The highest BCUT2D eigenvalue weighted by Gasteiger charge is 2.21. The van der Waals surface area contributed by atoms with Crippen molar-refractivity contribution in [3.05, 3.63) is 71.0 Å². The summed E-state index contributed by atoms with van der Waals surface area (Å²) in [5.74, 6) is 0.747. The molecule has 0 radical (unpaired) electrons. The van der Waals surface area contributed by atoms with Crippen molar-refractivity contribution in [3.63, 3.8) is 0 Å². The minimum Gasteiger partial charge on any atom is -0.461 e. The summed E-state index contributed by atoms with van der Waals surface area (Å²) in [4.78, 5) is 12.5. The van der Waals surface area contributed by atoms with E-state index < -0.39 is 0 Å². The van der Waals surface area contributed by atoms with Crippen LogP contribution in [0, 0.1) is 6.92 Å². The molecule has 1 aliphatic heterocycles. The summed E-state index contributed by atoms with van der Waals surface area (Å²) in [5, 5.41) is 3.93. The molecule has 1 amide bonds. The Morgan fingerprint density at radius 1 is 1.21 bits per heavy atom. The van der Waals surface area contributed by atoms with Crippen molar-refractivity contribution in [2.45, 2.75) is 19.4 Å². The van der Waals surface area contributed by atoms with E-state index in [2.05, 4.69) is 17.4 Å². The molecule has 2 aromatic carbocycles. The largest absolute Gasteiger partial charge is 0.461 e. The molecule has 24 heavy (non-hydrogen) atoms. The van der Waals surface area contributed by atoms with Crippen LogP contribution in [-0.2, 0) is 11.2 Å². The van der Waals surface area contributed by atoms with Gasteiger partial charge in [-0.1, -0.05) is 24.3 Å². The van der Waals surface area contributed by atoms with Crippen LogP contribution in [0.4, 0.5) is 0 Å². The molecule has 0 spiro atoms. The van der Waals surface area contributed by atoms with Crippen LogP contribution in [0.1, 0.15) is 33.3 Å². The van der Waals surface area contributed by atoms with Crippen LogP contribution in [0.25, 0.3) is 11.0 Å². The van der Waals surface area contributed by atoms with Crippen molar-refractivity contribution in [2.75, 3.05) is 13.2 Å². The van der Waals surface area contributed by atoms with Gasteiger partial charge < -0.3 is 14.5 Å². The lowest BCUT2D eigenvalue weighted by molar-refractivity contribution is 0.0411. The number of nitrogens with one attached hydrogen (secondary N) is 1. The molecule has 1 aromatic heterocycles. The maximum atomic E-state index is 12.5. The Balaban J connectivity index is 1.48. The van der Waals surface area contributed by atoms with Gasteiger partial charge in [0.2, 0.25) is 0 Å². The van der Waals surface area contributed by atoms with Crippen molar-refractivity contribution in [2.24, 2.45) is 0 Å². The van der Waals surface area contributed by atoms with E-state index in [0.29, 0.717) is 18.7 Å². The number of hydrogen-bond acceptors (Lipinski definition) is 3. The Kier molecular flexibility index (Phi) is 3.82. The van der Waals surface area contributed by atoms with Crippen LogP contribution in [0.5, 0.6) is 0 Å². The van der Waals surface area contributed by atoms with E-state index in [1.807, 2.05) is 37.3 Å². The molecule has 3 aromatic rings. The molecule has 0 bridgehead atoms. The number of benzene rings is 2. The maximum absolute atomic E-state index is 12.5. The Bertz CT molecular complexity index is 897. The molecular weight excluding hydrogens is 302 g/mol. The Hall–Kier alpha value is -2.59. The Morgan fingerprint density at radius 2 is 2.08 bits per heavy atom. The molecule has 4 nitrogen and oxygen atoms in total. The van der Waals surface area contributed by atoms with E-state index in [1.54, 1.807) is 6.07 Å². The molecule has 0 unspecified atom stereocenters. The number of carbonyl (C=O) groups is 1. The molecule has 1 aliphatic rings. The molecular formula is C20H19NO3. The predicted octanol–water partition coefficient (Wildman–Crippen LogP) is 3.79. The number of rotatable bonds is 3. The van der Waals surface area contributed by atoms with Gasteiger partial charge in [0, 0.05) is 17.5 Å². The summed E-state index contributed by atoms with van der Waals surface area (Å²) in [6.45, 7) is 3.06. The molecule has 0 aliphatic carbocycles. The summed E-state index contributed by atoms with van der Waals surface area (Å²) >= 11 is 0. The average Bonchev–Trinajstić information content (AvgIpc) is 2.98. The van der Waals surface area contributed by atoms with E-state index in [4.69, 9.17) is 9.15 Å². The lowest BCUT2D eigenvalue weighted by atomic mass is 9.97. The molecule has 4 rings (SSSR count). The van der Waals surface area contributed by atoms with Gasteiger partial charge in [0.05, 0.1) is 6.61 Å². The van der Waals surface area contributed by atoms with Crippen molar-refractivity contribution in [1.29, 1.82) is 0 Å². The van der Waals surface area contributed by atoms with Crippen LogP contribution in [-0.4, -0.2) is 19.1 Å². The number of furan rings is 1. The molecule has 122 valence electrons. The zero-order valence-corrected chi connectivity index (χ0v) is 13.5. The molecule has 2 heterocycles. The number of aryl methyl sites for hydroxylation is 1. The van der Waals surface area contributed by atoms with Gasteiger partial charge in [-0.15, -0.1) is 0 Å². The first-order valence-corrected chi connectivity index (χ1v) is 8.18. The number of fused-ring (bicyclic) bond motifs is 2. The first-order chi connectivity index (χ1) is 11.7. The standard InChI is InChI=1S/C20H19NO3/c1-13-10-16-11-15(6-7-18(16)24-13)20(22)21-12-19-17-5-3-2-4-14(17)8-9-23-19/h2-7,10-11,19H,8-9,12H2,1H3,(H,21,22)/t19-/m1/s1. The second kappa shape index (κ2) is 6.13. The van der Waals surface area contributed by atoms with Gasteiger partial charge in [0.1, 0.15) is 17.4 Å². The van der Waals surface area contributed by atoms with Crippen molar-refractivity contribution in [3.8, 4) is 0 Å². The van der Waals surface area contributed by atoms with Crippen LogP contribution in [0.3, 0.4) is 0 Å². The van der Waals surface area contributed by atoms with E-state index >= 15 is 0 Å². The van der Waals surface area contributed by atoms with Gasteiger partial charge in [-0.2, -0.15) is 0 Å². The number of amides is 1. The van der Waals surface area contributed by atoms with Crippen molar-refractivity contribution in [1.82, 2.24) is 5.32 Å². The molecule has 0 saturated carbocycles. The second-order valence-corrected chi connectivity index (χ2v) is 6.13. The Labute approximate surface area is 140 Å². The summed E-state index contributed by atoms with van der Waals surface area (Å²) in [6, 6.07) is 15.7. The lowest BCUT2D eigenvalue weighted by Crippen LogP contribution is -2.31. The van der Waals surface area contributed by atoms with Gasteiger partial charge in [0.15, 0.2) is 0 Å². The zero-order valence-electron chi connectivity index (χ0n) is 13.5. The monoisotopic (exact) mass is 321 g/mol. The minimum atomic E-state index is -0.0950. The third-order valence-electron chi connectivity index (χ3n) is 4.44. The SMILES string of the molecule is Cc1cc2cc(C(=O)NC[C@H]3OCCc4ccccc43)ccc2o1. The highest BCUT2D eigenvalue weighted by molar-refractivity contribution is 5.97. The highest BCUT2D eigenvalue weighted by atomic mass is 16.5. The number of hydrogen-bond donors (Lipinski definition) is 1. The molecule has 1 N–H and O–H groups in total. The summed E-state index contributed by atoms with van der Waals surface area (Å²) < 4.78 is 11.4.